The summed E-state index contributed by atoms with van der Waals surface area (Å²) >= 11 is 0. The minimum Gasteiger partial charge on any atom is -0.492 e. The fourth-order valence-corrected chi connectivity index (χ4v) is 5.20. The Bertz CT molecular complexity index is 1750. The number of hydrogen-bond acceptors (Lipinski definition) is 6. The van der Waals surface area contributed by atoms with E-state index in [4.69, 9.17) is 9.47 Å². The van der Waals surface area contributed by atoms with Gasteiger partial charge in [-0.1, -0.05) is 109 Å². The number of ketones is 1. The van der Waals surface area contributed by atoms with Crippen LogP contribution < -0.4 is 15.4 Å². The van der Waals surface area contributed by atoms with E-state index in [2.05, 4.69) is 10.6 Å². The Hall–Kier alpha value is -5.69. The molecule has 1 unspecified atom stereocenters. The Balaban J connectivity index is 1.14. The van der Waals surface area contributed by atoms with Crippen LogP contribution in [0.2, 0.25) is 0 Å². The summed E-state index contributed by atoms with van der Waals surface area (Å²) in [5.41, 5.74) is 5.56. The van der Waals surface area contributed by atoms with Crippen LogP contribution in [-0.2, 0) is 27.2 Å². The number of nitrogens with one attached hydrogen (secondary N) is 2. The van der Waals surface area contributed by atoms with Crippen molar-refractivity contribution in [2.45, 2.75) is 18.9 Å². The van der Waals surface area contributed by atoms with Crippen molar-refractivity contribution in [3.63, 3.8) is 0 Å². The first-order valence-corrected chi connectivity index (χ1v) is 15.2. The first-order valence-electron chi connectivity index (χ1n) is 15.2. The van der Waals surface area contributed by atoms with Crippen molar-refractivity contribution in [3.8, 4) is 16.9 Å². The third kappa shape index (κ3) is 8.48. The number of benzene rings is 5. The summed E-state index contributed by atoms with van der Waals surface area (Å²) in [6.07, 6.45) is 0.612. The molecule has 0 fully saturated rings. The summed E-state index contributed by atoms with van der Waals surface area (Å²) in [5, 5.41) is 6.16. The van der Waals surface area contributed by atoms with Gasteiger partial charge in [-0.15, -0.1) is 0 Å². The van der Waals surface area contributed by atoms with Crippen molar-refractivity contribution in [1.82, 2.24) is 5.32 Å². The molecule has 0 saturated carbocycles. The maximum Gasteiger partial charge on any atom is 0.328 e. The molecule has 1 atom stereocenters. The largest absolute Gasteiger partial charge is 0.492 e. The highest BCUT2D eigenvalue weighted by atomic mass is 16.5. The monoisotopic (exact) mass is 612 g/mol. The Morgan fingerprint density at radius 3 is 2.11 bits per heavy atom. The van der Waals surface area contributed by atoms with E-state index in [1.165, 1.54) is 7.11 Å². The van der Waals surface area contributed by atoms with E-state index in [9.17, 15) is 14.4 Å². The number of para-hydroxylation sites is 1. The van der Waals surface area contributed by atoms with Crippen LogP contribution in [0.15, 0.2) is 133 Å². The molecule has 0 aliphatic heterocycles. The van der Waals surface area contributed by atoms with Crippen molar-refractivity contribution >= 4 is 23.3 Å². The standard InChI is InChI=1S/C39H36N2O5/c1-45-39(44)36(41-35-19-11-10-18-34(35)38(43)30-14-6-3-7-15-30)26-28-20-22-32(23-21-28)46-25-24-40-37(42)27-31-16-8-9-17-33(31)29-12-4-2-5-13-29/h2-23,36,41H,24-27H2,1H3,(H,40,42). The number of ether oxygens (including phenoxy) is 2. The highest BCUT2D eigenvalue weighted by molar-refractivity contribution is 6.12. The molecule has 7 heteroatoms. The van der Waals surface area contributed by atoms with Gasteiger partial charge >= 0.3 is 5.97 Å². The average molecular weight is 613 g/mol. The molecule has 1 amide bonds. The molecule has 0 aliphatic rings. The van der Waals surface area contributed by atoms with E-state index in [1.54, 1.807) is 30.3 Å². The molecule has 5 rings (SSSR count). The topological polar surface area (TPSA) is 93.7 Å². The van der Waals surface area contributed by atoms with E-state index in [0.717, 1.165) is 22.3 Å². The molecule has 232 valence electrons. The van der Waals surface area contributed by atoms with Crippen molar-refractivity contribution in [3.05, 3.63) is 156 Å². The smallest absolute Gasteiger partial charge is 0.328 e. The lowest BCUT2D eigenvalue weighted by molar-refractivity contribution is -0.141. The van der Waals surface area contributed by atoms with Crippen LogP contribution >= 0.6 is 0 Å². The van der Waals surface area contributed by atoms with E-state index < -0.39 is 12.0 Å². The van der Waals surface area contributed by atoms with Gasteiger partial charge in [0, 0.05) is 23.2 Å². The van der Waals surface area contributed by atoms with Gasteiger partial charge in [0.05, 0.1) is 20.1 Å². The van der Waals surface area contributed by atoms with Gasteiger partial charge < -0.3 is 20.1 Å². The maximum absolute atomic E-state index is 13.2. The van der Waals surface area contributed by atoms with Gasteiger partial charge in [0.15, 0.2) is 5.78 Å². The molecule has 2 N–H and O–H groups in total. The van der Waals surface area contributed by atoms with Gasteiger partial charge in [0.2, 0.25) is 5.91 Å². The molecule has 0 heterocycles. The van der Waals surface area contributed by atoms with E-state index in [1.807, 2.05) is 103 Å². The molecule has 0 spiro atoms. The number of methoxy groups -OCH3 is 1. The van der Waals surface area contributed by atoms with Crippen molar-refractivity contribution in [2.24, 2.45) is 0 Å². The molecule has 46 heavy (non-hydrogen) atoms. The summed E-state index contributed by atoms with van der Waals surface area (Å²) < 4.78 is 10.9. The Labute approximate surface area is 269 Å². The highest BCUT2D eigenvalue weighted by Gasteiger charge is 2.22. The molecule has 5 aromatic rings. The van der Waals surface area contributed by atoms with Gasteiger partial charge in [0.1, 0.15) is 18.4 Å². The maximum atomic E-state index is 13.2. The Morgan fingerprint density at radius 2 is 1.37 bits per heavy atom. The van der Waals surface area contributed by atoms with Crippen LogP contribution in [0.25, 0.3) is 11.1 Å². The zero-order valence-electron chi connectivity index (χ0n) is 25.6. The lowest BCUT2D eigenvalue weighted by Gasteiger charge is -2.20. The third-order valence-electron chi connectivity index (χ3n) is 7.53. The summed E-state index contributed by atoms with van der Waals surface area (Å²) in [7, 11) is 1.34. The molecule has 0 aliphatic carbocycles. The number of carbonyl (C=O) groups is 3. The van der Waals surface area contributed by atoms with Crippen molar-refractivity contribution in [2.75, 3.05) is 25.6 Å². The van der Waals surface area contributed by atoms with Gasteiger partial charge in [-0.05, 0) is 46.5 Å². The van der Waals surface area contributed by atoms with Crippen LogP contribution in [0, 0.1) is 0 Å². The van der Waals surface area contributed by atoms with Crippen molar-refractivity contribution < 1.29 is 23.9 Å². The van der Waals surface area contributed by atoms with Crippen LogP contribution in [0.1, 0.15) is 27.0 Å². The number of anilines is 1. The normalized spacial score (nSPS) is 11.2. The number of carbonyl (C=O) groups excluding carboxylic acids is 3. The molecule has 7 nitrogen and oxygen atoms in total. The van der Waals surface area contributed by atoms with E-state index in [-0.39, 0.29) is 18.1 Å². The van der Waals surface area contributed by atoms with E-state index in [0.29, 0.717) is 42.1 Å². The summed E-state index contributed by atoms with van der Waals surface area (Å²) in [6, 6.07) is 40.8. The predicted molar refractivity (Wildman–Crippen MR) is 180 cm³/mol. The zero-order valence-corrected chi connectivity index (χ0v) is 25.6. The summed E-state index contributed by atoms with van der Waals surface area (Å²) in [4.78, 5) is 38.6. The summed E-state index contributed by atoms with van der Waals surface area (Å²) in [6.45, 7) is 0.674. The van der Waals surface area contributed by atoms with Crippen molar-refractivity contribution in [1.29, 1.82) is 0 Å². The van der Waals surface area contributed by atoms with Crippen LogP contribution in [0.5, 0.6) is 5.75 Å². The number of amides is 1. The second-order valence-electron chi connectivity index (χ2n) is 10.7. The average Bonchev–Trinajstić information content (AvgIpc) is 3.11. The SMILES string of the molecule is COC(=O)C(Cc1ccc(OCCNC(=O)Cc2ccccc2-c2ccccc2)cc1)Nc1ccccc1C(=O)c1ccccc1. The molecule has 0 aromatic heterocycles. The second-order valence-corrected chi connectivity index (χ2v) is 10.7. The predicted octanol–water partition coefficient (Wildman–Crippen LogP) is 6.52. The van der Waals surface area contributed by atoms with Gasteiger partial charge in [-0.2, -0.15) is 0 Å². The quantitative estimate of drug-likeness (QED) is 0.0843. The summed E-state index contributed by atoms with van der Waals surface area (Å²) in [5.74, 6) is -0.00374. The highest BCUT2D eigenvalue weighted by Crippen LogP contribution is 2.24. The molecular formula is C39H36N2O5. The van der Waals surface area contributed by atoms with Gasteiger partial charge in [-0.3, -0.25) is 9.59 Å². The minimum absolute atomic E-state index is 0.0734. The lowest BCUT2D eigenvalue weighted by atomic mass is 9.97. The fraction of sp³-hybridized carbons (Fsp3) is 0.154. The minimum atomic E-state index is -0.719. The zero-order chi connectivity index (χ0) is 32.1. The lowest BCUT2D eigenvalue weighted by Crippen LogP contribution is -2.33. The van der Waals surface area contributed by atoms with Crippen LogP contribution in [-0.4, -0.2) is 44.0 Å². The Kier molecular flexibility index (Phi) is 10.9. The van der Waals surface area contributed by atoms with Crippen LogP contribution in [0.3, 0.4) is 0 Å². The molecular weight excluding hydrogens is 576 g/mol. The number of esters is 1. The second kappa shape index (κ2) is 15.9. The first kappa shape index (κ1) is 31.7. The molecule has 5 aromatic carbocycles. The van der Waals surface area contributed by atoms with E-state index >= 15 is 0 Å². The van der Waals surface area contributed by atoms with Gasteiger partial charge in [-0.25, -0.2) is 4.79 Å². The van der Waals surface area contributed by atoms with Crippen LogP contribution in [0.4, 0.5) is 5.69 Å². The number of hydrogen-bond donors (Lipinski definition) is 2. The fourth-order valence-electron chi connectivity index (χ4n) is 5.20. The number of rotatable bonds is 14. The molecule has 0 bridgehead atoms. The molecule has 0 saturated heterocycles. The van der Waals surface area contributed by atoms with Gasteiger partial charge in [0.25, 0.3) is 0 Å². The third-order valence-corrected chi connectivity index (χ3v) is 7.53. The molecule has 0 radical (unpaired) electrons. The first-order chi connectivity index (χ1) is 22.5. The Morgan fingerprint density at radius 1 is 0.717 bits per heavy atom.